The van der Waals surface area contributed by atoms with Crippen molar-refractivity contribution in [2.75, 3.05) is 13.7 Å². The summed E-state index contributed by atoms with van der Waals surface area (Å²) in [5, 5.41) is 0. The van der Waals surface area contributed by atoms with Gasteiger partial charge in [0.2, 0.25) is 0 Å². The van der Waals surface area contributed by atoms with Gasteiger partial charge in [-0.1, -0.05) is 11.6 Å². The second kappa shape index (κ2) is 6.10. The standard InChI is InChI=1S/C6H7Cl2NO2/c1-11-6(10)9(8)5-3-2-4-7/h3-4H,5H2,1H3. The third kappa shape index (κ3) is 4.73. The van der Waals surface area contributed by atoms with Crippen LogP contribution >= 0.6 is 23.4 Å². The minimum Gasteiger partial charge on any atom is -0.452 e. The van der Waals surface area contributed by atoms with Crippen molar-refractivity contribution < 1.29 is 9.53 Å². The van der Waals surface area contributed by atoms with E-state index in [-0.39, 0.29) is 6.54 Å². The molecule has 0 saturated heterocycles. The lowest BCUT2D eigenvalue weighted by atomic mass is 10.6. The molecule has 0 atom stereocenters. The maximum Gasteiger partial charge on any atom is 0.424 e. The number of ether oxygens (including phenoxy) is 1. The third-order valence-electron chi connectivity index (χ3n) is 0.805. The van der Waals surface area contributed by atoms with Crippen molar-refractivity contribution in [3.8, 4) is 0 Å². The van der Waals surface area contributed by atoms with Crippen LogP contribution in [-0.2, 0) is 4.74 Å². The fraction of sp³-hybridized carbons (Fsp3) is 0.333. The van der Waals surface area contributed by atoms with E-state index in [1.54, 1.807) is 0 Å². The van der Waals surface area contributed by atoms with Crippen LogP contribution in [0, 0.1) is 0 Å². The van der Waals surface area contributed by atoms with Crippen molar-refractivity contribution in [2.24, 2.45) is 0 Å². The molecule has 0 unspecified atom stereocenters. The summed E-state index contributed by atoms with van der Waals surface area (Å²) in [5.41, 5.74) is 3.74. The molecule has 0 aromatic heterocycles. The molecule has 0 aliphatic carbocycles. The van der Waals surface area contributed by atoms with E-state index in [4.69, 9.17) is 23.4 Å². The number of hydrogen-bond acceptors (Lipinski definition) is 2. The van der Waals surface area contributed by atoms with Gasteiger partial charge < -0.3 is 4.74 Å². The fourth-order valence-corrected chi connectivity index (χ4v) is 0.578. The third-order valence-corrected chi connectivity index (χ3v) is 1.21. The average molecular weight is 196 g/mol. The van der Waals surface area contributed by atoms with Gasteiger partial charge in [-0.3, -0.25) is 0 Å². The molecule has 0 heterocycles. The van der Waals surface area contributed by atoms with Gasteiger partial charge in [0.05, 0.1) is 13.7 Å². The minimum absolute atomic E-state index is 0.206. The molecule has 0 bridgehead atoms. The number of carbonyl (C=O) groups is 1. The van der Waals surface area contributed by atoms with Crippen LogP contribution in [0.15, 0.2) is 17.3 Å². The summed E-state index contributed by atoms with van der Waals surface area (Å²) in [7, 11) is 1.25. The van der Waals surface area contributed by atoms with Gasteiger partial charge in [0.25, 0.3) is 0 Å². The first kappa shape index (κ1) is 10.4. The first-order valence-corrected chi connectivity index (χ1v) is 3.50. The van der Waals surface area contributed by atoms with Crippen LogP contribution in [0.2, 0.25) is 0 Å². The number of amides is 1. The molecular weight excluding hydrogens is 189 g/mol. The Balaban J connectivity index is 3.78. The van der Waals surface area contributed by atoms with Crippen molar-refractivity contribution in [3.63, 3.8) is 0 Å². The highest BCUT2D eigenvalue weighted by molar-refractivity contribution is 6.25. The Hall–Kier alpha value is -0.630. The van der Waals surface area contributed by atoms with Crippen molar-refractivity contribution >= 4 is 29.5 Å². The van der Waals surface area contributed by atoms with Gasteiger partial charge in [0.1, 0.15) is 0 Å². The van der Waals surface area contributed by atoms with Crippen LogP contribution in [0.5, 0.6) is 0 Å². The van der Waals surface area contributed by atoms with Gasteiger partial charge in [0, 0.05) is 17.3 Å². The monoisotopic (exact) mass is 195 g/mol. The summed E-state index contributed by atoms with van der Waals surface area (Å²) < 4.78 is 5.18. The summed E-state index contributed by atoms with van der Waals surface area (Å²) >= 11 is 10.6. The van der Waals surface area contributed by atoms with Gasteiger partial charge in [-0.2, -0.15) is 0 Å². The molecule has 0 radical (unpaired) electrons. The second-order valence-electron chi connectivity index (χ2n) is 1.49. The van der Waals surface area contributed by atoms with Crippen LogP contribution in [0.25, 0.3) is 0 Å². The SMILES string of the molecule is COC(=O)N(Cl)CC=C=CCl. The number of nitrogens with zero attached hydrogens (tertiary/aromatic N) is 1. The fourth-order valence-electron chi connectivity index (χ4n) is 0.351. The zero-order valence-corrected chi connectivity index (χ0v) is 7.39. The Morgan fingerprint density at radius 3 is 2.91 bits per heavy atom. The number of hydrogen-bond donors (Lipinski definition) is 0. The molecule has 11 heavy (non-hydrogen) atoms. The van der Waals surface area contributed by atoms with Crippen molar-refractivity contribution in [2.45, 2.75) is 0 Å². The normalized spacial score (nSPS) is 7.91. The van der Waals surface area contributed by atoms with Crippen LogP contribution in [-0.4, -0.2) is 24.2 Å². The van der Waals surface area contributed by atoms with Crippen LogP contribution in [0.4, 0.5) is 4.79 Å². The lowest BCUT2D eigenvalue weighted by Crippen LogP contribution is -2.20. The van der Waals surface area contributed by atoms with E-state index in [0.717, 1.165) is 4.42 Å². The number of carbonyl (C=O) groups excluding carboxylic acids is 1. The smallest absolute Gasteiger partial charge is 0.424 e. The van der Waals surface area contributed by atoms with Gasteiger partial charge in [-0.05, 0) is 6.08 Å². The zero-order chi connectivity index (χ0) is 8.69. The van der Waals surface area contributed by atoms with E-state index in [1.165, 1.54) is 18.7 Å². The number of methoxy groups -OCH3 is 1. The molecule has 0 fully saturated rings. The molecule has 5 heteroatoms. The molecule has 0 aliphatic rings. The Labute approximate surface area is 74.9 Å². The predicted octanol–water partition coefficient (Wildman–Crippen LogP) is 2.12. The second-order valence-corrected chi connectivity index (χ2v) is 2.12. The van der Waals surface area contributed by atoms with E-state index in [0.29, 0.717) is 0 Å². The predicted molar refractivity (Wildman–Crippen MR) is 43.5 cm³/mol. The molecule has 0 spiro atoms. The molecule has 1 amide bonds. The van der Waals surface area contributed by atoms with E-state index < -0.39 is 6.09 Å². The average Bonchev–Trinajstić information content (AvgIpc) is 2.03. The molecule has 0 aliphatic heterocycles. The lowest BCUT2D eigenvalue weighted by molar-refractivity contribution is 0.152. The highest BCUT2D eigenvalue weighted by atomic mass is 35.5. The molecule has 3 nitrogen and oxygen atoms in total. The maximum atomic E-state index is 10.6. The molecular formula is C6H7Cl2NO2. The van der Waals surface area contributed by atoms with Crippen molar-refractivity contribution in [3.05, 3.63) is 17.3 Å². The van der Waals surface area contributed by atoms with Crippen LogP contribution < -0.4 is 0 Å². The topological polar surface area (TPSA) is 29.5 Å². The maximum absolute atomic E-state index is 10.6. The Morgan fingerprint density at radius 2 is 2.45 bits per heavy atom. The quantitative estimate of drug-likeness (QED) is 0.500. The first-order valence-electron chi connectivity index (χ1n) is 2.73. The number of rotatable bonds is 2. The van der Waals surface area contributed by atoms with E-state index in [9.17, 15) is 4.79 Å². The minimum atomic E-state index is -0.612. The summed E-state index contributed by atoms with van der Waals surface area (Å²) in [6.07, 6.45) is 0.885. The molecule has 62 valence electrons. The summed E-state index contributed by atoms with van der Waals surface area (Å²) in [4.78, 5) is 10.6. The van der Waals surface area contributed by atoms with Gasteiger partial charge in [-0.25, -0.2) is 9.21 Å². The Kier molecular flexibility index (Phi) is 5.75. The van der Waals surface area contributed by atoms with Crippen molar-refractivity contribution in [1.82, 2.24) is 4.42 Å². The van der Waals surface area contributed by atoms with Crippen LogP contribution in [0.1, 0.15) is 0 Å². The number of halogens is 2. The Morgan fingerprint density at radius 1 is 1.82 bits per heavy atom. The molecule has 0 aromatic carbocycles. The largest absolute Gasteiger partial charge is 0.452 e. The first-order chi connectivity index (χ1) is 5.22. The Bertz CT molecular complexity index is 187. The highest BCUT2D eigenvalue weighted by Crippen LogP contribution is 1.96. The summed E-state index contributed by atoms with van der Waals surface area (Å²) in [5.74, 6) is 0. The van der Waals surface area contributed by atoms with E-state index in [1.807, 2.05) is 0 Å². The molecule has 0 rings (SSSR count). The van der Waals surface area contributed by atoms with Gasteiger partial charge in [-0.15, -0.1) is 5.73 Å². The van der Waals surface area contributed by atoms with Crippen LogP contribution in [0.3, 0.4) is 0 Å². The van der Waals surface area contributed by atoms with E-state index in [2.05, 4.69) is 10.5 Å². The zero-order valence-electron chi connectivity index (χ0n) is 5.88. The highest BCUT2D eigenvalue weighted by Gasteiger charge is 2.06. The lowest BCUT2D eigenvalue weighted by Gasteiger charge is -2.07. The summed E-state index contributed by atoms with van der Waals surface area (Å²) in [6.45, 7) is 0.206. The van der Waals surface area contributed by atoms with E-state index >= 15 is 0 Å². The summed E-state index contributed by atoms with van der Waals surface area (Å²) in [6, 6.07) is 0. The molecule has 0 saturated carbocycles. The van der Waals surface area contributed by atoms with Crippen molar-refractivity contribution in [1.29, 1.82) is 0 Å². The van der Waals surface area contributed by atoms with Gasteiger partial charge in [0.15, 0.2) is 0 Å². The van der Waals surface area contributed by atoms with Gasteiger partial charge >= 0.3 is 6.09 Å². The molecule has 0 aromatic rings. The molecule has 0 N–H and O–H groups in total.